The molecule has 152 valence electrons. The van der Waals surface area contributed by atoms with Crippen LogP contribution in [-0.2, 0) is 16.1 Å². The van der Waals surface area contributed by atoms with E-state index in [1.807, 2.05) is 62.4 Å². The molecule has 28 heavy (non-hydrogen) atoms. The minimum atomic E-state index is -0.608. The van der Waals surface area contributed by atoms with Gasteiger partial charge in [-0.15, -0.1) is 12.4 Å². The van der Waals surface area contributed by atoms with Crippen molar-refractivity contribution < 1.29 is 14.3 Å². The fraction of sp³-hybridized carbons (Fsp3) is 0.333. The number of carbonyl (C=O) groups excluding carboxylic acids is 2. The molecule has 0 aliphatic heterocycles. The molecule has 2 amide bonds. The highest BCUT2D eigenvalue weighted by atomic mass is 35.5. The van der Waals surface area contributed by atoms with E-state index >= 15 is 0 Å². The topological polar surface area (TPSA) is 93.5 Å². The smallest absolute Gasteiger partial charge is 0.239 e. The minimum Gasteiger partial charge on any atom is -0.497 e. The molecule has 0 radical (unpaired) electrons. The summed E-state index contributed by atoms with van der Waals surface area (Å²) in [7, 11) is 1.64. The van der Waals surface area contributed by atoms with Crippen LogP contribution in [0.15, 0.2) is 48.5 Å². The van der Waals surface area contributed by atoms with Gasteiger partial charge in [0.1, 0.15) is 5.75 Å². The number of hydrogen-bond acceptors (Lipinski definition) is 4. The van der Waals surface area contributed by atoms with Gasteiger partial charge in [-0.2, -0.15) is 0 Å². The van der Waals surface area contributed by atoms with E-state index < -0.39 is 6.04 Å². The van der Waals surface area contributed by atoms with Gasteiger partial charge < -0.3 is 21.1 Å². The van der Waals surface area contributed by atoms with Crippen LogP contribution in [0.1, 0.15) is 19.4 Å². The van der Waals surface area contributed by atoms with E-state index in [4.69, 9.17) is 10.5 Å². The molecule has 7 heteroatoms. The summed E-state index contributed by atoms with van der Waals surface area (Å²) in [6.45, 7) is 4.04. The fourth-order valence-electron chi connectivity index (χ4n) is 2.45. The third-order valence-electron chi connectivity index (χ3n) is 4.31. The number of nitrogens with two attached hydrogens (primary N) is 1. The van der Waals surface area contributed by atoms with Crippen molar-refractivity contribution in [3.8, 4) is 16.9 Å². The Labute approximate surface area is 172 Å². The van der Waals surface area contributed by atoms with Crippen molar-refractivity contribution >= 4 is 24.2 Å². The third-order valence-corrected chi connectivity index (χ3v) is 4.31. The van der Waals surface area contributed by atoms with Crippen LogP contribution < -0.4 is 21.1 Å². The van der Waals surface area contributed by atoms with Crippen LogP contribution in [0.3, 0.4) is 0 Å². The lowest BCUT2D eigenvalue weighted by molar-refractivity contribution is -0.127. The molecule has 6 nitrogen and oxygen atoms in total. The minimum absolute atomic E-state index is 0. The third kappa shape index (κ3) is 6.87. The highest BCUT2D eigenvalue weighted by Crippen LogP contribution is 2.22. The molecule has 0 aromatic heterocycles. The molecule has 2 aromatic rings. The summed E-state index contributed by atoms with van der Waals surface area (Å²) in [5, 5.41) is 5.34. The van der Waals surface area contributed by atoms with Gasteiger partial charge in [0.05, 0.1) is 19.7 Å². The first-order valence-corrected chi connectivity index (χ1v) is 8.94. The molecule has 0 saturated carbocycles. The van der Waals surface area contributed by atoms with E-state index in [2.05, 4.69) is 10.6 Å². The number of ether oxygens (including phenoxy) is 1. The largest absolute Gasteiger partial charge is 0.497 e. The average molecular weight is 406 g/mol. The summed E-state index contributed by atoms with van der Waals surface area (Å²) >= 11 is 0. The normalized spacial score (nSPS) is 11.3. The van der Waals surface area contributed by atoms with E-state index in [1.165, 1.54) is 0 Å². The Morgan fingerprint density at radius 2 is 1.50 bits per heavy atom. The standard InChI is InChI=1S/C21H27N3O3.ClH/c1-14(2)20(22)21(26)24-13-19(25)23-12-15-4-6-16(7-5-15)17-8-10-18(27-3)11-9-17;/h4-11,14,20H,12-13,22H2,1-3H3,(H,23,25)(H,24,26);1H/t20-;/m0./s1. The molecule has 0 aliphatic carbocycles. The highest BCUT2D eigenvalue weighted by molar-refractivity contribution is 5.87. The molecule has 2 aromatic carbocycles. The van der Waals surface area contributed by atoms with Crippen LogP contribution in [0, 0.1) is 5.92 Å². The molecule has 0 aliphatic rings. The first-order valence-electron chi connectivity index (χ1n) is 8.94. The van der Waals surface area contributed by atoms with E-state index in [9.17, 15) is 9.59 Å². The first kappa shape index (κ1) is 23.5. The molecular weight excluding hydrogens is 378 g/mol. The van der Waals surface area contributed by atoms with Gasteiger partial charge in [-0.25, -0.2) is 0 Å². The van der Waals surface area contributed by atoms with Gasteiger partial charge in [0.25, 0.3) is 0 Å². The Kier molecular flexibility index (Phi) is 9.48. The second-order valence-corrected chi connectivity index (χ2v) is 6.69. The predicted molar refractivity (Wildman–Crippen MR) is 113 cm³/mol. The predicted octanol–water partition coefficient (Wildman–Crippen LogP) is 2.50. The van der Waals surface area contributed by atoms with Crippen molar-refractivity contribution in [2.75, 3.05) is 13.7 Å². The molecule has 0 unspecified atom stereocenters. The molecule has 0 heterocycles. The SMILES string of the molecule is COc1ccc(-c2ccc(CNC(=O)CNC(=O)[C@@H](N)C(C)C)cc2)cc1.Cl. The zero-order valence-electron chi connectivity index (χ0n) is 16.4. The lowest BCUT2D eigenvalue weighted by Crippen LogP contribution is -2.47. The van der Waals surface area contributed by atoms with Crippen LogP contribution in [0.5, 0.6) is 5.75 Å². The molecule has 4 N–H and O–H groups in total. The number of methoxy groups -OCH3 is 1. The summed E-state index contributed by atoms with van der Waals surface area (Å²) < 4.78 is 5.16. The Balaban J connectivity index is 0.00000392. The average Bonchev–Trinajstić information content (AvgIpc) is 2.70. The summed E-state index contributed by atoms with van der Waals surface area (Å²) in [6.07, 6.45) is 0. The Morgan fingerprint density at radius 3 is 2.00 bits per heavy atom. The van der Waals surface area contributed by atoms with Crippen molar-refractivity contribution in [2.45, 2.75) is 26.4 Å². The first-order chi connectivity index (χ1) is 12.9. The summed E-state index contributed by atoms with van der Waals surface area (Å²) in [6, 6.07) is 15.2. The summed E-state index contributed by atoms with van der Waals surface area (Å²) in [4.78, 5) is 23.6. The van der Waals surface area contributed by atoms with Crippen molar-refractivity contribution in [3.63, 3.8) is 0 Å². The lowest BCUT2D eigenvalue weighted by Gasteiger charge is -2.15. The summed E-state index contributed by atoms with van der Waals surface area (Å²) in [5.74, 6) is 0.277. The maximum Gasteiger partial charge on any atom is 0.239 e. The second kappa shape index (κ2) is 11.3. The van der Waals surface area contributed by atoms with Gasteiger partial charge in [0.15, 0.2) is 0 Å². The number of halogens is 1. The van der Waals surface area contributed by atoms with Gasteiger partial charge in [0, 0.05) is 6.54 Å². The van der Waals surface area contributed by atoms with Gasteiger partial charge in [-0.3, -0.25) is 9.59 Å². The zero-order chi connectivity index (χ0) is 19.8. The molecule has 0 saturated heterocycles. The van der Waals surface area contributed by atoms with Gasteiger partial charge in [0.2, 0.25) is 11.8 Å². The number of benzene rings is 2. The van der Waals surface area contributed by atoms with Crippen molar-refractivity contribution in [1.29, 1.82) is 0 Å². The van der Waals surface area contributed by atoms with Crippen molar-refractivity contribution in [3.05, 3.63) is 54.1 Å². The highest BCUT2D eigenvalue weighted by Gasteiger charge is 2.17. The second-order valence-electron chi connectivity index (χ2n) is 6.69. The number of amides is 2. The maximum atomic E-state index is 11.9. The Morgan fingerprint density at radius 1 is 0.964 bits per heavy atom. The number of carbonyl (C=O) groups is 2. The fourth-order valence-corrected chi connectivity index (χ4v) is 2.45. The molecule has 0 fully saturated rings. The summed E-state index contributed by atoms with van der Waals surface area (Å²) in [5.41, 5.74) is 8.90. The van der Waals surface area contributed by atoms with Crippen LogP contribution in [0.2, 0.25) is 0 Å². The zero-order valence-corrected chi connectivity index (χ0v) is 17.2. The number of hydrogen-bond donors (Lipinski definition) is 3. The van der Waals surface area contributed by atoms with Gasteiger partial charge in [-0.05, 0) is 34.7 Å². The monoisotopic (exact) mass is 405 g/mol. The van der Waals surface area contributed by atoms with Crippen molar-refractivity contribution in [1.82, 2.24) is 10.6 Å². The molecule has 1 atom stereocenters. The van der Waals surface area contributed by atoms with E-state index in [0.717, 1.165) is 22.4 Å². The lowest BCUT2D eigenvalue weighted by atomic mass is 10.0. The maximum absolute atomic E-state index is 11.9. The Hall–Kier alpha value is -2.57. The Bertz CT molecular complexity index is 761. The quantitative estimate of drug-likeness (QED) is 0.629. The van der Waals surface area contributed by atoms with E-state index in [0.29, 0.717) is 6.54 Å². The van der Waals surface area contributed by atoms with Crippen LogP contribution >= 0.6 is 12.4 Å². The van der Waals surface area contributed by atoms with Gasteiger partial charge in [-0.1, -0.05) is 50.2 Å². The number of rotatable bonds is 8. The molecular formula is C21H28ClN3O3. The van der Waals surface area contributed by atoms with Crippen LogP contribution in [-0.4, -0.2) is 31.5 Å². The molecule has 2 rings (SSSR count). The molecule has 0 bridgehead atoms. The van der Waals surface area contributed by atoms with Gasteiger partial charge >= 0.3 is 0 Å². The van der Waals surface area contributed by atoms with Crippen LogP contribution in [0.4, 0.5) is 0 Å². The van der Waals surface area contributed by atoms with Crippen molar-refractivity contribution in [2.24, 2.45) is 11.7 Å². The van der Waals surface area contributed by atoms with Crippen LogP contribution in [0.25, 0.3) is 11.1 Å². The molecule has 0 spiro atoms. The number of nitrogens with one attached hydrogen (secondary N) is 2. The van der Waals surface area contributed by atoms with E-state index in [-0.39, 0.29) is 36.7 Å². The van der Waals surface area contributed by atoms with E-state index in [1.54, 1.807) is 7.11 Å².